The van der Waals surface area contributed by atoms with Gasteiger partial charge in [0.15, 0.2) is 0 Å². The number of benzene rings is 2. The Labute approximate surface area is 125 Å². The Morgan fingerprint density at radius 3 is 2.64 bits per heavy atom. The molecule has 0 amide bonds. The molecule has 0 saturated carbocycles. The minimum absolute atomic E-state index is 0.157. The molecular formula is C17H14FNO3. The predicted octanol–water partition coefficient (Wildman–Crippen LogP) is 2.84. The first kappa shape index (κ1) is 14.3. The number of pyridine rings is 1. The van der Waals surface area contributed by atoms with Crippen LogP contribution in [0.3, 0.4) is 0 Å². The van der Waals surface area contributed by atoms with Crippen LogP contribution >= 0.6 is 0 Å². The van der Waals surface area contributed by atoms with E-state index < -0.39 is 5.82 Å². The summed E-state index contributed by atoms with van der Waals surface area (Å²) in [5, 5.41) is 10.2. The highest BCUT2D eigenvalue weighted by Crippen LogP contribution is 2.33. The molecule has 1 aromatic heterocycles. The van der Waals surface area contributed by atoms with Crippen LogP contribution in [0, 0.1) is 5.82 Å². The maximum atomic E-state index is 13.9. The molecular weight excluding hydrogens is 285 g/mol. The maximum Gasteiger partial charge on any atom is 0.248 e. The number of ether oxygens (including phenoxy) is 1. The summed E-state index contributed by atoms with van der Waals surface area (Å²) in [6.45, 7) is -0.172. The molecule has 4 nitrogen and oxygen atoms in total. The first-order valence-corrected chi connectivity index (χ1v) is 6.73. The molecule has 22 heavy (non-hydrogen) atoms. The molecule has 1 heterocycles. The summed E-state index contributed by atoms with van der Waals surface area (Å²) in [7, 11) is 1.55. The van der Waals surface area contributed by atoms with E-state index in [1.165, 1.54) is 12.1 Å². The maximum absolute atomic E-state index is 13.9. The zero-order valence-electron chi connectivity index (χ0n) is 11.9. The van der Waals surface area contributed by atoms with E-state index in [1.807, 2.05) is 6.07 Å². The number of methoxy groups -OCH3 is 1. The van der Waals surface area contributed by atoms with Crippen LogP contribution in [0.5, 0.6) is 5.75 Å². The van der Waals surface area contributed by atoms with E-state index in [-0.39, 0.29) is 17.7 Å². The van der Waals surface area contributed by atoms with Crippen LogP contribution in [0.1, 0.15) is 5.56 Å². The zero-order valence-corrected chi connectivity index (χ0v) is 11.9. The first-order chi connectivity index (χ1) is 10.6. The minimum atomic E-state index is -0.490. The molecule has 0 atom stereocenters. The van der Waals surface area contributed by atoms with Gasteiger partial charge in [-0.05, 0) is 41.0 Å². The van der Waals surface area contributed by atoms with Crippen molar-refractivity contribution in [1.29, 1.82) is 0 Å². The van der Waals surface area contributed by atoms with Crippen molar-refractivity contribution in [1.82, 2.24) is 4.98 Å². The van der Waals surface area contributed by atoms with Gasteiger partial charge >= 0.3 is 0 Å². The molecule has 0 radical (unpaired) electrons. The lowest BCUT2D eigenvalue weighted by Crippen LogP contribution is -2.04. The molecule has 112 valence electrons. The van der Waals surface area contributed by atoms with E-state index in [0.717, 1.165) is 11.1 Å². The summed E-state index contributed by atoms with van der Waals surface area (Å²) in [6, 6.07) is 11.2. The number of rotatable bonds is 3. The second kappa shape index (κ2) is 5.61. The van der Waals surface area contributed by atoms with Gasteiger partial charge in [0.1, 0.15) is 11.6 Å². The van der Waals surface area contributed by atoms with Gasteiger partial charge in [-0.2, -0.15) is 0 Å². The number of hydrogen-bond acceptors (Lipinski definition) is 3. The van der Waals surface area contributed by atoms with E-state index in [2.05, 4.69) is 4.98 Å². The summed E-state index contributed by atoms with van der Waals surface area (Å²) in [5.74, 6) is 0.142. The molecule has 0 aliphatic heterocycles. The summed E-state index contributed by atoms with van der Waals surface area (Å²) in [6.07, 6.45) is 0. The molecule has 2 N–H and O–H groups in total. The summed E-state index contributed by atoms with van der Waals surface area (Å²) < 4.78 is 19.1. The van der Waals surface area contributed by atoms with Gasteiger partial charge in [0, 0.05) is 11.5 Å². The number of aliphatic hydroxyl groups excluding tert-OH is 1. The number of fused-ring (bicyclic) bond motifs is 1. The Morgan fingerprint density at radius 2 is 1.91 bits per heavy atom. The van der Waals surface area contributed by atoms with Crippen molar-refractivity contribution in [3.63, 3.8) is 0 Å². The van der Waals surface area contributed by atoms with Crippen molar-refractivity contribution >= 4 is 10.9 Å². The fourth-order valence-corrected chi connectivity index (χ4v) is 2.54. The molecule has 3 aromatic rings. The quantitative estimate of drug-likeness (QED) is 0.781. The van der Waals surface area contributed by atoms with Crippen molar-refractivity contribution < 1.29 is 14.2 Å². The lowest BCUT2D eigenvalue weighted by molar-refractivity contribution is 0.281. The van der Waals surface area contributed by atoms with Gasteiger partial charge in [-0.3, -0.25) is 4.79 Å². The standard InChI is InChI=1S/C17H14FNO3/c1-22-11-2-3-12(10(8-11)9-20)13-4-6-15(18)17-14(13)5-7-16(21)19-17/h2-8,20H,9H2,1H3,(H,19,21). The van der Waals surface area contributed by atoms with Crippen molar-refractivity contribution in [2.75, 3.05) is 7.11 Å². The van der Waals surface area contributed by atoms with E-state index in [1.54, 1.807) is 31.4 Å². The highest BCUT2D eigenvalue weighted by Gasteiger charge is 2.12. The third-order valence-corrected chi connectivity index (χ3v) is 3.62. The van der Waals surface area contributed by atoms with Crippen LogP contribution in [0.2, 0.25) is 0 Å². The lowest BCUT2D eigenvalue weighted by Gasteiger charge is -2.12. The Balaban J connectivity index is 2.31. The minimum Gasteiger partial charge on any atom is -0.497 e. The number of aromatic nitrogens is 1. The Hall–Kier alpha value is -2.66. The van der Waals surface area contributed by atoms with Gasteiger partial charge in [-0.25, -0.2) is 4.39 Å². The molecule has 0 unspecified atom stereocenters. The van der Waals surface area contributed by atoms with Gasteiger partial charge in [-0.1, -0.05) is 12.1 Å². The van der Waals surface area contributed by atoms with Gasteiger partial charge in [0.25, 0.3) is 0 Å². The molecule has 0 bridgehead atoms. The van der Waals surface area contributed by atoms with Gasteiger partial charge < -0.3 is 14.8 Å². The number of nitrogens with one attached hydrogen (secondary N) is 1. The Bertz CT molecular complexity index is 902. The molecule has 0 aliphatic rings. The summed E-state index contributed by atoms with van der Waals surface area (Å²) in [5.41, 5.74) is 1.96. The largest absolute Gasteiger partial charge is 0.497 e. The van der Waals surface area contributed by atoms with Crippen LogP contribution in [-0.2, 0) is 6.61 Å². The lowest BCUT2D eigenvalue weighted by atomic mass is 9.96. The number of aromatic amines is 1. The Morgan fingerprint density at radius 1 is 1.14 bits per heavy atom. The fourth-order valence-electron chi connectivity index (χ4n) is 2.54. The van der Waals surface area contributed by atoms with Crippen molar-refractivity contribution in [2.24, 2.45) is 0 Å². The third-order valence-electron chi connectivity index (χ3n) is 3.62. The Kier molecular flexibility index (Phi) is 3.65. The monoisotopic (exact) mass is 299 g/mol. The average Bonchev–Trinajstić information content (AvgIpc) is 2.55. The van der Waals surface area contributed by atoms with Crippen molar-refractivity contribution in [3.05, 3.63) is 64.2 Å². The number of H-pyrrole nitrogens is 1. The van der Waals surface area contributed by atoms with E-state index >= 15 is 0 Å². The summed E-state index contributed by atoms with van der Waals surface area (Å²) >= 11 is 0. The molecule has 2 aromatic carbocycles. The SMILES string of the molecule is COc1ccc(-c2ccc(F)c3[nH]c(=O)ccc23)c(CO)c1. The number of aliphatic hydroxyl groups is 1. The molecule has 3 rings (SSSR count). The van der Waals surface area contributed by atoms with Crippen molar-refractivity contribution in [2.45, 2.75) is 6.61 Å². The van der Waals surface area contributed by atoms with Gasteiger partial charge in [-0.15, -0.1) is 0 Å². The molecule has 0 fully saturated rings. The number of hydrogen-bond donors (Lipinski definition) is 2. The van der Waals surface area contributed by atoms with E-state index in [0.29, 0.717) is 16.7 Å². The average molecular weight is 299 g/mol. The molecule has 0 aliphatic carbocycles. The third kappa shape index (κ3) is 2.35. The number of halogens is 1. The highest BCUT2D eigenvalue weighted by molar-refractivity contribution is 5.95. The smallest absolute Gasteiger partial charge is 0.248 e. The van der Waals surface area contributed by atoms with E-state index in [4.69, 9.17) is 4.74 Å². The van der Waals surface area contributed by atoms with Crippen LogP contribution < -0.4 is 10.3 Å². The van der Waals surface area contributed by atoms with Gasteiger partial charge in [0.2, 0.25) is 5.56 Å². The summed E-state index contributed by atoms with van der Waals surface area (Å²) in [4.78, 5) is 13.9. The second-order valence-corrected chi connectivity index (χ2v) is 4.89. The fraction of sp³-hybridized carbons (Fsp3) is 0.118. The van der Waals surface area contributed by atoms with Crippen LogP contribution in [0.15, 0.2) is 47.3 Å². The molecule has 5 heteroatoms. The van der Waals surface area contributed by atoms with Crippen LogP contribution in [0.25, 0.3) is 22.0 Å². The molecule has 0 saturated heterocycles. The van der Waals surface area contributed by atoms with Gasteiger partial charge in [0.05, 0.1) is 19.2 Å². The highest BCUT2D eigenvalue weighted by atomic mass is 19.1. The molecule has 0 spiro atoms. The van der Waals surface area contributed by atoms with Crippen LogP contribution in [-0.4, -0.2) is 17.2 Å². The first-order valence-electron chi connectivity index (χ1n) is 6.73. The zero-order chi connectivity index (χ0) is 15.7. The van der Waals surface area contributed by atoms with Crippen molar-refractivity contribution in [3.8, 4) is 16.9 Å². The second-order valence-electron chi connectivity index (χ2n) is 4.89. The topological polar surface area (TPSA) is 62.3 Å². The van der Waals surface area contributed by atoms with E-state index in [9.17, 15) is 14.3 Å². The predicted molar refractivity (Wildman–Crippen MR) is 82.4 cm³/mol. The van der Waals surface area contributed by atoms with Crippen LogP contribution in [0.4, 0.5) is 4.39 Å². The normalized spacial score (nSPS) is 10.9.